The van der Waals surface area contributed by atoms with Gasteiger partial charge >= 0.3 is 0 Å². The molecule has 0 saturated carbocycles. The number of isocyanates is 1. The summed E-state index contributed by atoms with van der Waals surface area (Å²) in [5.41, 5.74) is 1.32. The molecular formula is C12H16N2O. The highest BCUT2D eigenvalue weighted by molar-refractivity contribution is 5.45. The van der Waals surface area contributed by atoms with Crippen molar-refractivity contribution in [2.24, 2.45) is 9.98 Å². The fraction of sp³-hybridized carbons (Fsp3) is 0.250. The Hall–Kier alpha value is -1.95. The van der Waals surface area contributed by atoms with Gasteiger partial charge in [0.2, 0.25) is 6.08 Å². The molecule has 0 aromatic heterocycles. The molecule has 0 aliphatic carbocycles. The first-order valence-electron chi connectivity index (χ1n) is 4.31. The van der Waals surface area contributed by atoms with Gasteiger partial charge in [-0.1, -0.05) is 35.9 Å². The van der Waals surface area contributed by atoms with E-state index >= 15 is 0 Å². The number of nitrogens with zero attached hydrogens (tertiary/aromatic N) is 2. The highest BCUT2D eigenvalue weighted by Crippen LogP contribution is 1.92. The van der Waals surface area contributed by atoms with Crippen molar-refractivity contribution in [3.8, 4) is 0 Å². The third-order valence-electron chi connectivity index (χ3n) is 1.19. The fourth-order valence-electron chi connectivity index (χ4n) is 0.534. The Bertz CT molecular complexity index is 305. The maximum atomic E-state index is 8.88. The van der Waals surface area contributed by atoms with Crippen LogP contribution in [0.4, 0.5) is 0 Å². The largest absolute Gasteiger partial charge is 0.247 e. The fourth-order valence-corrected chi connectivity index (χ4v) is 0.534. The van der Waals surface area contributed by atoms with Gasteiger partial charge in [0.1, 0.15) is 0 Å². The van der Waals surface area contributed by atoms with Crippen LogP contribution >= 0.6 is 0 Å². The lowest BCUT2D eigenvalue weighted by atomic mass is 10.2. The third-order valence-corrected chi connectivity index (χ3v) is 1.19. The first kappa shape index (κ1) is 15.5. The lowest BCUT2D eigenvalue weighted by molar-refractivity contribution is 0.564. The average Bonchev–Trinajstić information content (AvgIpc) is 2.31. The second-order valence-corrected chi connectivity index (χ2v) is 2.35. The number of carbonyl (C=O) groups excluding carboxylic acids is 1. The quantitative estimate of drug-likeness (QED) is 0.472. The van der Waals surface area contributed by atoms with E-state index in [4.69, 9.17) is 4.79 Å². The van der Waals surface area contributed by atoms with E-state index in [0.717, 1.165) is 0 Å². The molecule has 0 bridgehead atoms. The molecule has 0 spiro atoms. The summed E-state index contributed by atoms with van der Waals surface area (Å²) in [7, 11) is 3.01. The number of benzene rings is 1. The first-order valence-corrected chi connectivity index (χ1v) is 4.31. The molecule has 0 fully saturated rings. The molecule has 80 valence electrons. The molecule has 1 aromatic rings. The van der Waals surface area contributed by atoms with Crippen molar-refractivity contribution in [1.82, 2.24) is 0 Å². The summed E-state index contributed by atoms with van der Waals surface area (Å²) in [6, 6.07) is 10.3. The van der Waals surface area contributed by atoms with Crippen molar-refractivity contribution in [1.29, 1.82) is 0 Å². The van der Waals surface area contributed by atoms with E-state index in [1.807, 2.05) is 18.2 Å². The van der Waals surface area contributed by atoms with Gasteiger partial charge in [-0.25, -0.2) is 14.8 Å². The minimum absolute atomic E-state index is 1.31. The Morgan fingerprint density at radius 2 is 1.53 bits per heavy atom. The van der Waals surface area contributed by atoms with Crippen LogP contribution in [0.1, 0.15) is 5.56 Å². The maximum Gasteiger partial charge on any atom is 0.234 e. The van der Waals surface area contributed by atoms with Crippen molar-refractivity contribution in [3.05, 3.63) is 42.5 Å². The van der Waals surface area contributed by atoms with E-state index < -0.39 is 0 Å². The van der Waals surface area contributed by atoms with Gasteiger partial charge in [-0.2, -0.15) is 0 Å². The zero-order valence-corrected chi connectivity index (χ0v) is 9.40. The zero-order chi connectivity index (χ0) is 11.9. The molecule has 0 atom stereocenters. The molecule has 0 heterocycles. The zero-order valence-electron chi connectivity index (χ0n) is 9.40. The van der Waals surface area contributed by atoms with Crippen LogP contribution in [0.25, 0.3) is 0 Å². The summed E-state index contributed by atoms with van der Waals surface area (Å²) in [5.74, 6) is 2.31. The van der Waals surface area contributed by atoms with Crippen molar-refractivity contribution in [3.63, 3.8) is 0 Å². The standard InChI is InChI=1S/C7H8.C3H5N.C2H3NO/c1-7-5-3-2-4-6-7;1-3-4-2;1-3-2-4/h2-6H,1H3;1H2,2H3;1H3. The Morgan fingerprint density at radius 1 is 1.13 bits per heavy atom. The lowest BCUT2D eigenvalue weighted by Crippen LogP contribution is -1.62. The van der Waals surface area contributed by atoms with Crippen molar-refractivity contribution < 1.29 is 4.79 Å². The van der Waals surface area contributed by atoms with Gasteiger partial charge in [0.15, 0.2) is 0 Å². The highest BCUT2D eigenvalue weighted by atomic mass is 16.1. The third kappa shape index (κ3) is 18.8. The molecule has 0 aliphatic rings. The van der Waals surface area contributed by atoms with Crippen LogP contribution in [0.3, 0.4) is 0 Å². The van der Waals surface area contributed by atoms with Crippen molar-refractivity contribution in [2.75, 3.05) is 14.1 Å². The lowest BCUT2D eigenvalue weighted by Gasteiger charge is -1.82. The molecular weight excluding hydrogens is 188 g/mol. The van der Waals surface area contributed by atoms with Gasteiger partial charge < -0.3 is 0 Å². The summed E-state index contributed by atoms with van der Waals surface area (Å²) in [6.07, 6.45) is 1.31. The van der Waals surface area contributed by atoms with E-state index in [1.165, 1.54) is 18.7 Å². The van der Waals surface area contributed by atoms with E-state index in [-0.39, 0.29) is 0 Å². The molecule has 0 N–H and O–H groups in total. The highest BCUT2D eigenvalue weighted by Gasteiger charge is 1.72. The molecule has 3 heteroatoms. The Morgan fingerprint density at radius 3 is 1.67 bits per heavy atom. The predicted octanol–water partition coefficient (Wildman–Crippen LogP) is 2.42. The molecule has 0 saturated heterocycles. The predicted molar refractivity (Wildman–Crippen MR) is 64.2 cm³/mol. The van der Waals surface area contributed by atoms with Crippen LogP contribution < -0.4 is 0 Å². The summed E-state index contributed by atoms with van der Waals surface area (Å²) in [5, 5.41) is 0. The van der Waals surface area contributed by atoms with Crippen LogP contribution in [0, 0.1) is 6.92 Å². The normalized spacial score (nSPS) is 6.33. The average molecular weight is 204 g/mol. The molecule has 0 unspecified atom stereocenters. The minimum Gasteiger partial charge on any atom is -0.247 e. The van der Waals surface area contributed by atoms with E-state index in [0.29, 0.717) is 0 Å². The Labute approximate surface area is 90.9 Å². The molecule has 0 aliphatic heterocycles. The topological polar surface area (TPSA) is 41.8 Å². The number of rotatable bonds is 0. The van der Waals surface area contributed by atoms with Crippen molar-refractivity contribution >= 4 is 11.9 Å². The van der Waals surface area contributed by atoms with Crippen molar-refractivity contribution in [2.45, 2.75) is 6.92 Å². The molecule has 1 rings (SSSR count). The number of aliphatic imine (C=N–C) groups is 2. The van der Waals surface area contributed by atoms with Gasteiger partial charge in [-0.15, -0.1) is 0 Å². The van der Waals surface area contributed by atoms with Gasteiger partial charge in [-0.05, 0) is 19.4 Å². The summed E-state index contributed by atoms with van der Waals surface area (Å²) >= 11 is 0. The minimum atomic E-state index is 1.31. The number of aryl methyl sites for hydroxylation is 1. The van der Waals surface area contributed by atoms with E-state index in [9.17, 15) is 0 Å². The van der Waals surface area contributed by atoms with Crippen LogP contribution in [0.5, 0.6) is 0 Å². The monoisotopic (exact) mass is 204 g/mol. The SMILES string of the molecule is C=C=NC.CN=C=O.Cc1ccccc1. The number of hydrogen-bond donors (Lipinski definition) is 0. The molecule has 1 aromatic carbocycles. The molecule has 15 heavy (non-hydrogen) atoms. The first-order chi connectivity index (χ1) is 7.22. The Balaban J connectivity index is 0. The van der Waals surface area contributed by atoms with Crippen LogP contribution in [0.15, 0.2) is 46.9 Å². The smallest absolute Gasteiger partial charge is 0.234 e. The van der Waals surface area contributed by atoms with Gasteiger partial charge in [0.05, 0.1) is 0 Å². The number of hydrogen-bond acceptors (Lipinski definition) is 3. The van der Waals surface area contributed by atoms with Crippen LogP contribution in [0.2, 0.25) is 0 Å². The van der Waals surface area contributed by atoms with Gasteiger partial charge in [0, 0.05) is 14.1 Å². The van der Waals surface area contributed by atoms with E-state index in [2.05, 4.69) is 41.5 Å². The molecule has 3 nitrogen and oxygen atoms in total. The molecule has 0 amide bonds. The van der Waals surface area contributed by atoms with Gasteiger partial charge in [0.25, 0.3) is 0 Å². The second kappa shape index (κ2) is 14.6. The molecule has 0 radical (unpaired) electrons. The second-order valence-electron chi connectivity index (χ2n) is 2.35. The Kier molecular flexibility index (Phi) is 15.1. The summed E-state index contributed by atoms with van der Waals surface area (Å²) < 4.78 is 0. The van der Waals surface area contributed by atoms with Crippen LogP contribution in [-0.4, -0.2) is 26.0 Å². The maximum absolute atomic E-state index is 8.88. The van der Waals surface area contributed by atoms with Gasteiger partial charge in [-0.3, -0.25) is 0 Å². The summed E-state index contributed by atoms with van der Waals surface area (Å²) in [4.78, 5) is 15.2. The summed E-state index contributed by atoms with van der Waals surface area (Å²) in [6.45, 7) is 5.27. The van der Waals surface area contributed by atoms with E-state index in [1.54, 1.807) is 7.05 Å². The van der Waals surface area contributed by atoms with Crippen LogP contribution in [-0.2, 0) is 4.79 Å².